The largest absolute Gasteiger partial charge is 0.465 e. The Bertz CT molecular complexity index is 734. The minimum atomic E-state index is -0.630. The molecule has 1 aliphatic heterocycles. The SMILES string of the molecule is COC(=O)C1=C(C(=O)OC)N(c2cc(C)ccc2Br)C=CC=C1. The number of hydrogen-bond acceptors (Lipinski definition) is 5. The van der Waals surface area contributed by atoms with E-state index < -0.39 is 11.9 Å². The Hall–Kier alpha value is -2.34. The molecule has 120 valence electrons. The molecule has 1 aromatic rings. The van der Waals surface area contributed by atoms with Crippen molar-refractivity contribution in [3.05, 3.63) is 63.9 Å². The third kappa shape index (κ3) is 3.53. The Morgan fingerprint density at radius 1 is 1.09 bits per heavy atom. The van der Waals surface area contributed by atoms with Gasteiger partial charge in [-0.1, -0.05) is 12.1 Å². The lowest BCUT2D eigenvalue weighted by Crippen LogP contribution is -2.27. The lowest BCUT2D eigenvalue weighted by Gasteiger charge is -2.24. The molecular formula is C17H16BrNO4. The molecule has 0 radical (unpaired) electrons. The van der Waals surface area contributed by atoms with E-state index in [1.54, 1.807) is 23.3 Å². The number of esters is 2. The molecule has 2 rings (SSSR count). The minimum absolute atomic E-state index is 0.0932. The predicted octanol–water partition coefficient (Wildman–Crippen LogP) is 3.25. The van der Waals surface area contributed by atoms with E-state index in [1.165, 1.54) is 20.3 Å². The second kappa shape index (κ2) is 7.28. The van der Waals surface area contributed by atoms with E-state index in [1.807, 2.05) is 25.1 Å². The fraction of sp³-hybridized carbons (Fsp3) is 0.176. The second-order valence-corrected chi connectivity index (χ2v) is 5.63. The highest BCUT2D eigenvalue weighted by Crippen LogP contribution is 2.33. The fourth-order valence-corrected chi connectivity index (χ4v) is 2.60. The molecule has 1 aromatic carbocycles. The highest BCUT2D eigenvalue weighted by Gasteiger charge is 2.28. The maximum absolute atomic E-state index is 12.3. The summed E-state index contributed by atoms with van der Waals surface area (Å²) in [4.78, 5) is 26.0. The quantitative estimate of drug-likeness (QED) is 0.756. The molecule has 0 spiro atoms. The number of carbonyl (C=O) groups excluding carboxylic acids is 2. The maximum atomic E-state index is 12.3. The van der Waals surface area contributed by atoms with E-state index in [0.717, 1.165) is 10.0 Å². The number of methoxy groups -OCH3 is 2. The average Bonchev–Trinajstić information content (AvgIpc) is 2.78. The van der Waals surface area contributed by atoms with Crippen LogP contribution in [-0.4, -0.2) is 26.2 Å². The van der Waals surface area contributed by atoms with Gasteiger partial charge in [-0.2, -0.15) is 0 Å². The van der Waals surface area contributed by atoms with Crippen LogP contribution in [0.4, 0.5) is 5.69 Å². The molecule has 0 aromatic heterocycles. The van der Waals surface area contributed by atoms with E-state index in [0.29, 0.717) is 5.69 Å². The van der Waals surface area contributed by atoms with E-state index in [2.05, 4.69) is 15.9 Å². The topological polar surface area (TPSA) is 55.8 Å². The molecule has 0 saturated heterocycles. The number of carbonyl (C=O) groups is 2. The summed E-state index contributed by atoms with van der Waals surface area (Å²) >= 11 is 3.48. The summed E-state index contributed by atoms with van der Waals surface area (Å²) in [7, 11) is 2.54. The first kappa shape index (κ1) is 17.0. The molecule has 0 N–H and O–H groups in total. The van der Waals surface area contributed by atoms with Gasteiger partial charge in [0.25, 0.3) is 0 Å². The van der Waals surface area contributed by atoms with Crippen molar-refractivity contribution in [1.82, 2.24) is 0 Å². The highest BCUT2D eigenvalue weighted by atomic mass is 79.9. The van der Waals surface area contributed by atoms with Gasteiger partial charge in [0.05, 0.1) is 25.5 Å². The van der Waals surface area contributed by atoms with E-state index in [9.17, 15) is 9.59 Å². The molecule has 0 fully saturated rings. The Labute approximate surface area is 143 Å². The third-order valence-corrected chi connectivity index (χ3v) is 3.92. The van der Waals surface area contributed by atoms with Crippen LogP contribution in [0.3, 0.4) is 0 Å². The molecule has 0 amide bonds. The number of nitrogens with zero attached hydrogens (tertiary/aromatic N) is 1. The van der Waals surface area contributed by atoms with Gasteiger partial charge >= 0.3 is 11.9 Å². The van der Waals surface area contributed by atoms with Crippen molar-refractivity contribution in [2.75, 3.05) is 19.1 Å². The van der Waals surface area contributed by atoms with Gasteiger partial charge in [0.15, 0.2) is 0 Å². The molecule has 1 aliphatic rings. The summed E-state index contributed by atoms with van der Waals surface area (Å²) in [5.74, 6) is -1.24. The molecule has 0 bridgehead atoms. The standard InChI is InChI=1S/C17H16BrNO4/c1-11-7-8-13(18)14(10-11)19-9-5-4-6-12(16(20)22-2)15(19)17(21)23-3/h4-10H,1-3H3. The van der Waals surface area contributed by atoms with Crippen molar-refractivity contribution in [3.63, 3.8) is 0 Å². The first-order chi connectivity index (χ1) is 11.0. The van der Waals surface area contributed by atoms with E-state index in [4.69, 9.17) is 9.47 Å². The molecular weight excluding hydrogens is 362 g/mol. The van der Waals surface area contributed by atoms with Crippen LogP contribution in [0.2, 0.25) is 0 Å². The van der Waals surface area contributed by atoms with Gasteiger partial charge in [0.2, 0.25) is 0 Å². The zero-order valence-electron chi connectivity index (χ0n) is 13.0. The van der Waals surface area contributed by atoms with Crippen molar-refractivity contribution in [1.29, 1.82) is 0 Å². The Kier molecular flexibility index (Phi) is 5.39. The van der Waals surface area contributed by atoms with Gasteiger partial charge in [0.1, 0.15) is 5.70 Å². The van der Waals surface area contributed by atoms with Crippen LogP contribution in [0.5, 0.6) is 0 Å². The van der Waals surface area contributed by atoms with Crippen molar-refractivity contribution >= 4 is 33.6 Å². The number of ether oxygens (including phenoxy) is 2. The minimum Gasteiger partial charge on any atom is -0.465 e. The van der Waals surface area contributed by atoms with Crippen LogP contribution in [0.15, 0.2) is 58.4 Å². The monoisotopic (exact) mass is 377 g/mol. The molecule has 1 heterocycles. The van der Waals surface area contributed by atoms with Gasteiger partial charge in [-0.3, -0.25) is 0 Å². The first-order valence-electron chi connectivity index (χ1n) is 6.80. The Morgan fingerprint density at radius 2 is 1.78 bits per heavy atom. The van der Waals surface area contributed by atoms with Gasteiger partial charge in [0, 0.05) is 10.7 Å². The van der Waals surface area contributed by atoms with Gasteiger partial charge < -0.3 is 14.4 Å². The van der Waals surface area contributed by atoms with E-state index in [-0.39, 0.29) is 11.3 Å². The van der Waals surface area contributed by atoms with Crippen LogP contribution in [-0.2, 0) is 19.1 Å². The highest BCUT2D eigenvalue weighted by molar-refractivity contribution is 9.10. The summed E-state index contributed by atoms with van der Waals surface area (Å²) in [5.41, 5.74) is 1.94. The lowest BCUT2D eigenvalue weighted by molar-refractivity contribution is -0.139. The molecule has 0 atom stereocenters. The van der Waals surface area contributed by atoms with Crippen LogP contribution in [0.1, 0.15) is 5.56 Å². The number of anilines is 1. The number of allylic oxidation sites excluding steroid dienone is 2. The summed E-state index contributed by atoms with van der Waals surface area (Å²) in [5, 5.41) is 0. The molecule has 5 nitrogen and oxygen atoms in total. The first-order valence-corrected chi connectivity index (χ1v) is 7.60. The van der Waals surface area contributed by atoms with Crippen molar-refractivity contribution in [2.24, 2.45) is 0 Å². The lowest BCUT2D eigenvalue weighted by atomic mass is 10.1. The van der Waals surface area contributed by atoms with Crippen molar-refractivity contribution in [2.45, 2.75) is 6.92 Å². The Morgan fingerprint density at radius 3 is 2.43 bits per heavy atom. The maximum Gasteiger partial charge on any atom is 0.355 e. The molecule has 6 heteroatoms. The van der Waals surface area contributed by atoms with Gasteiger partial charge in [-0.25, -0.2) is 9.59 Å². The predicted molar refractivity (Wildman–Crippen MR) is 90.7 cm³/mol. The summed E-state index contributed by atoms with van der Waals surface area (Å²) in [6.45, 7) is 1.94. The summed E-state index contributed by atoms with van der Waals surface area (Å²) in [6.07, 6.45) is 6.61. The van der Waals surface area contributed by atoms with Crippen LogP contribution >= 0.6 is 15.9 Å². The summed E-state index contributed by atoms with van der Waals surface area (Å²) in [6, 6.07) is 5.72. The normalized spacial score (nSPS) is 13.8. The number of rotatable bonds is 3. The smallest absolute Gasteiger partial charge is 0.355 e. The zero-order valence-corrected chi connectivity index (χ0v) is 14.6. The number of benzene rings is 1. The third-order valence-electron chi connectivity index (χ3n) is 3.25. The number of halogens is 1. The van der Waals surface area contributed by atoms with Gasteiger partial charge in [-0.05, 0) is 52.7 Å². The number of hydrogen-bond donors (Lipinski definition) is 0. The van der Waals surface area contributed by atoms with Crippen LogP contribution in [0, 0.1) is 6.92 Å². The van der Waals surface area contributed by atoms with E-state index >= 15 is 0 Å². The van der Waals surface area contributed by atoms with Gasteiger partial charge in [-0.15, -0.1) is 0 Å². The second-order valence-electron chi connectivity index (χ2n) is 4.77. The van der Waals surface area contributed by atoms with Crippen LogP contribution in [0.25, 0.3) is 0 Å². The molecule has 23 heavy (non-hydrogen) atoms. The molecule has 0 unspecified atom stereocenters. The molecule has 0 aliphatic carbocycles. The van der Waals surface area contributed by atoms with Crippen LogP contribution < -0.4 is 4.90 Å². The summed E-state index contributed by atoms with van der Waals surface area (Å²) < 4.78 is 10.4. The Balaban J connectivity index is 2.71. The molecule has 0 saturated carbocycles. The van der Waals surface area contributed by atoms with Crippen molar-refractivity contribution < 1.29 is 19.1 Å². The fourth-order valence-electron chi connectivity index (χ4n) is 2.16. The van der Waals surface area contributed by atoms with Crippen molar-refractivity contribution in [3.8, 4) is 0 Å². The zero-order chi connectivity index (χ0) is 17.0. The number of aryl methyl sites for hydroxylation is 1. The average molecular weight is 378 g/mol.